The van der Waals surface area contributed by atoms with Crippen molar-refractivity contribution in [3.05, 3.63) is 30.1 Å². The molecule has 0 saturated carbocycles. The van der Waals surface area contributed by atoms with Gasteiger partial charge in [-0.1, -0.05) is 6.92 Å². The minimum atomic E-state index is -0.781. The number of amides is 1. The normalized spacial score (nSPS) is 22.0. The largest absolute Gasteiger partial charge is 0.481 e. The fourth-order valence-corrected chi connectivity index (χ4v) is 2.92. The number of carbonyl (C=O) groups excluding carboxylic acids is 1. The molecule has 1 aliphatic rings. The maximum atomic E-state index is 12.3. The van der Waals surface area contributed by atoms with E-state index in [4.69, 9.17) is 0 Å². The van der Waals surface area contributed by atoms with Crippen LogP contribution in [-0.2, 0) is 16.0 Å². The number of pyridine rings is 1. The van der Waals surface area contributed by atoms with Crippen LogP contribution in [0.5, 0.6) is 0 Å². The molecule has 21 heavy (non-hydrogen) atoms. The van der Waals surface area contributed by atoms with E-state index in [0.29, 0.717) is 38.8 Å². The molecule has 0 spiro atoms. The van der Waals surface area contributed by atoms with Crippen molar-refractivity contribution in [1.82, 2.24) is 9.88 Å². The third-order valence-electron chi connectivity index (χ3n) is 4.44. The van der Waals surface area contributed by atoms with Crippen molar-refractivity contribution in [2.45, 2.75) is 39.0 Å². The summed E-state index contributed by atoms with van der Waals surface area (Å²) in [5, 5.41) is 9.45. The van der Waals surface area contributed by atoms with Crippen LogP contribution in [0, 0.1) is 5.41 Å². The molecule has 1 aromatic heterocycles. The van der Waals surface area contributed by atoms with Crippen LogP contribution in [0.3, 0.4) is 0 Å². The van der Waals surface area contributed by atoms with E-state index in [1.807, 2.05) is 19.1 Å². The molecule has 1 amide bonds. The standard InChI is InChI=1S/C16H22N2O3/c1-2-16(15(20)21)8-3-11-18(12-16)14(19)5-4-13-6-9-17-10-7-13/h6-7,9-10H,2-5,8,11-12H2,1H3,(H,20,21). The Hall–Kier alpha value is -1.91. The Morgan fingerprint density at radius 2 is 2.10 bits per heavy atom. The number of carbonyl (C=O) groups is 2. The van der Waals surface area contributed by atoms with Crippen molar-refractivity contribution in [2.75, 3.05) is 13.1 Å². The van der Waals surface area contributed by atoms with E-state index in [0.717, 1.165) is 12.0 Å². The van der Waals surface area contributed by atoms with Crippen LogP contribution < -0.4 is 0 Å². The second-order valence-electron chi connectivity index (χ2n) is 5.71. The van der Waals surface area contributed by atoms with Gasteiger partial charge in [-0.25, -0.2) is 0 Å². The van der Waals surface area contributed by atoms with Gasteiger partial charge in [-0.05, 0) is 43.4 Å². The fraction of sp³-hybridized carbons (Fsp3) is 0.562. The molecule has 0 aromatic carbocycles. The van der Waals surface area contributed by atoms with Crippen LogP contribution in [-0.4, -0.2) is 40.0 Å². The van der Waals surface area contributed by atoms with Gasteiger partial charge in [0.05, 0.1) is 5.41 Å². The lowest BCUT2D eigenvalue weighted by atomic mass is 9.77. The van der Waals surface area contributed by atoms with E-state index in [1.165, 1.54) is 0 Å². The lowest BCUT2D eigenvalue weighted by Crippen LogP contribution is -2.49. The molecule has 1 aliphatic heterocycles. The average molecular weight is 290 g/mol. The lowest BCUT2D eigenvalue weighted by molar-refractivity contribution is -0.155. The molecule has 0 aliphatic carbocycles. The summed E-state index contributed by atoms with van der Waals surface area (Å²) >= 11 is 0. The first kappa shape index (κ1) is 15.5. The van der Waals surface area contributed by atoms with Gasteiger partial charge in [0.1, 0.15) is 0 Å². The molecule has 2 heterocycles. The monoisotopic (exact) mass is 290 g/mol. The fourth-order valence-electron chi connectivity index (χ4n) is 2.92. The van der Waals surface area contributed by atoms with Gasteiger partial charge in [-0.15, -0.1) is 0 Å². The third kappa shape index (κ3) is 3.60. The summed E-state index contributed by atoms with van der Waals surface area (Å²) in [5.41, 5.74) is 0.320. The summed E-state index contributed by atoms with van der Waals surface area (Å²) in [6.45, 7) is 2.90. The summed E-state index contributed by atoms with van der Waals surface area (Å²) in [6, 6.07) is 3.80. The SMILES string of the molecule is CCC1(C(=O)O)CCCN(C(=O)CCc2ccncc2)C1. The van der Waals surface area contributed by atoms with E-state index in [1.54, 1.807) is 17.3 Å². The van der Waals surface area contributed by atoms with E-state index < -0.39 is 11.4 Å². The molecule has 1 atom stereocenters. The van der Waals surface area contributed by atoms with Gasteiger partial charge in [-0.3, -0.25) is 14.6 Å². The number of likely N-dealkylation sites (tertiary alicyclic amines) is 1. The van der Waals surface area contributed by atoms with E-state index in [2.05, 4.69) is 4.98 Å². The molecule has 1 aromatic rings. The first-order valence-corrected chi connectivity index (χ1v) is 7.47. The molecule has 5 heteroatoms. The highest BCUT2D eigenvalue weighted by atomic mass is 16.4. The van der Waals surface area contributed by atoms with Crippen molar-refractivity contribution < 1.29 is 14.7 Å². The molecular formula is C16H22N2O3. The van der Waals surface area contributed by atoms with Crippen LogP contribution in [0.4, 0.5) is 0 Å². The van der Waals surface area contributed by atoms with Crippen molar-refractivity contribution in [2.24, 2.45) is 5.41 Å². The van der Waals surface area contributed by atoms with Gasteiger partial charge < -0.3 is 10.0 Å². The van der Waals surface area contributed by atoms with Crippen LogP contribution in [0.2, 0.25) is 0 Å². The molecule has 5 nitrogen and oxygen atoms in total. The number of aryl methyl sites for hydroxylation is 1. The van der Waals surface area contributed by atoms with Crippen LogP contribution in [0.25, 0.3) is 0 Å². The van der Waals surface area contributed by atoms with E-state index in [9.17, 15) is 14.7 Å². The molecule has 1 N–H and O–H groups in total. The summed E-state index contributed by atoms with van der Waals surface area (Å²) in [4.78, 5) is 29.5. The second-order valence-corrected chi connectivity index (χ2v) is 5.71. The van der Waals surface area contributed by atoms with Crippen LogP contribution in [0.1, 0.15) is 38.2 Å². The lowest BCUT2D eigenvalue weighted by Gasteiger charge is -2.39. The number of hydrogen-bond donors (Lipinski definition) is 1. The number of aliphatic carboxylic acids is 1. The second kappa shape index (κ2) is 6.70. The van der Waals surface area contributed by atoms with Gasteiger partial charge in [0.25, 0.3) is 0 Å². The Morgan fingerprint density at radius 1 is 1.38 bits per heavy atom. The van der Waals surface area contributed by atoms with Crippen LogP contribution in [0.15, 0.2) is 24.5 Å². The van der Waals surface area contributed by atoms with E-state index in [-0.39, 0.29) is 5.91 Å². The topological polar surface area (TPSA) is 70.5 Å². The summed E-state index contributed by atoms with van der Waals surface area (Å²) in [7, 11) is 0. The highest BCUT2D eigenvalue weighted by Crippen LogP contribution is 2.33. The Bertz CT molecular complexity index is 504. The maximum Gasteiger partial charge on any atom is 0.311 e. The summed E-state index contributed by atoms with van der Waals surface area (Å²) < 4.78 is 0. The van der Waals surface area contributed by atoms with E-state index >= 15 is 0 Å². The highest BCUT2D eigenvalue weighted by Gasteiger charge is 2.41. The average Bonchev–Trinajstić information content (AvgIpc) is 2.53. The third-order valence-corrected chi connectivity index (χ3v) is 4.44. The number of carboxylic acid groups (broad SMARTS) is 1. The molecule has 0 bridgehead atoms. The Morgan fingerprint density at radius 3 is 2.71 bits per heavy atom. The number of piperidine rings is 1. The zero-order valence-corrected chi connectivity index (χ0v) is 12.4. The zero-order chi connectivity index (χ0) is 15.3. The van der Waals surface area contributed by atoms with Crippen molar-refractivity contribution in [3.8, 4) is 0 Å². The highest BCUT2D eigenvalue weighted by molar-refractivity contribution is 5.79. The van der Waals surface area contributed by atoms with Crippen molar-refractivity contribution in [1.29, 1.82) is 0 Å². The number of rotatable bonds is 5. The zero-order valence-electron chi connectivity index (χ0n) is 12.4. The van der Waals surface area contributed by atoms with Crippen LogP contribution >= 0.6 is 0 Å². The summed E-state index contributed by atoms with van der Waals surface area (Å²) in [6.07, 6.45) is 6.51. The number of aromatic nitrogens is 1. The predicted molar refractivity (Wildman–Crippen MR) is 78.7 cm³/mol. The quantitative estimate of drug-likeness (QED) is 0.901. The van der Waals surface area contributed by atoms with Gasteiger partial charge in [0.15, 0.2) is 0 Å². The predicted octanol–water partition coefficient (Wildman–Crippen LogP) is 2.12. The molecule has 1 fully saturated rings. The number of carboxylic acids is 1. The minimum absolute atomic E-state index is 0.0468. The van der Waals surface area contributed by atoms with Gasteiger partial charge >= 0.3 is 5.97 Å². The Labute approximate surface area is 125 Å². The number of hydrogen-bond acceptors (Lipinski definition) is 3. The van der Waals surface area contributed by atoms with Gasteiger partial charge in [0.2, 0.25) is 5.91 Å². The number of nitrogens with zero attached hydrogens (tertiary/aromatic N) is 2. The Balaban J connectivity index is 1.94. The molecule has 1 saturated heterocycles. The molecule has 2 rings (SSSR count). The molecule has 114 valence electrons. The minimum Gasteiger partial charge on any atom is -0.481 e. The first-order chi connectivity index (χ1) is 10.1. The summed E-state index contributed by atoms with van der Waals surface area (Å²) in [5.74, 6) is -0.734. The first-order valence-electron chi connectivity index (χ1n) is 7.47. The Kier molecular flexibility index (Phi) is 4.94. The van der Waals surface area contributed by atoms with Crippen molar-refractivity contribution in [3.63, 3.8) is 0 Å². The molecule has 0 radical (unpaired) electrons. The van der Waals surface area contributed by atoms with Crippen molar-refractivity contribution >= 4 is 11.9 Å². The maximum absolute atomic E-state index is 12.3. The molecule has 1 unspecified atom stereocenters. The van der Waals surface area contributed by atoms with Gasteiger partial charge in [0, 0.05) is 31.9 Å². The smallest absolute Gasteiger partial charge is 0.311 e. The van der Waals surface area contributed by atoms with Gasteiger partial charge in [-0.2, -0.15) is 0 Å². The molecular weight excluding hydrogens is 268 g/mol.